The first-order valence-electron chi connectivity index (χ1n) is 10.5. The SMILES string of the molecule is C=C(N=[N+]=[N-])c1cn(COC(COCc2ccccc2)COCc2ccccc2)c(=O)[nH]c1=O. The molecule has 176 valence electrons. The second kappa shape index (κ2) is 12.9. The van der Waals surface area contributed by atoms with Crippen LogP contribution < -0.4 is 11.2 Å². The Kier molecular flexibility index (Phi) is 9.39. The van der Waals surface area contributed by atoms with E-state index in [9.17, 15) is 9.59 Å². The second-order valence-electron chi connectivity index (χ2n) is 7.33. The average molecular weight is 463 g/mol. The quantitative estimate of drug-likeness (QED) is 0.235. The van der Waals surface area contributed by atoms with E-state index in [2.05, 4.69) is 21.6 Å². The van der Waals surface area contributed by atoms with Gasteiger partial charge < -0.3 is 14.2 Å². The molecule has 0 radical (unpaired) electrons. The molecule has 3 rings (SSSR count). The van der Waals surface area contributed by atoms with E-state index in [4.69, 9.17) is 19.7 Å². The summed E-state index contributed by atoms with van der Waals surface area (Å²) in [6.45, 7) is 4.60. The van der Waals surface area contributed by atoms with Crippen LogP contribution in [-0.4, -0.2) is 28.9 Å². The van der Waals surface area contributed by atoms with Gasteiger partial charge in [0.25, 0.3) is 5.56 Å². The number of aromatic amines is 1. The fraction of sp³-hybridized carbons (Fsp3) is 0.250. The van der Waals surface area contributed by atoms with Crippen LogP contribution in [0, 0.1) is 0 Å². The lowest BCUT2D eigenvalue weighted by molar-refractivity contribution is -0.0883. The van der Waals surface area contributed by atoms with Gasteiger partial charge >= 0.3 is 5.69 Å². The van der Waals surface area contributed by atoms with E-state index in [1.165, 1.54) is 6.20 Å². The molecule has 0 amide bonds. The molecule has 0 saturated heterocycles. The lowest BCUT2D eigenvalue weighted by Gasteiger charge is -2.19. The second-order valence-corrected chi connectivity index (χ2v) is 7.33. The molecule has 0 aliphatic heterocycles. The first-order chi connectivity index (χ1) is 16.6. The minimum absolute atomic E-state index is 0.0294. The maximum Gasteiger partial charge on any atom is 0.330 e. The van der Waals surface area contributed by atoms with Gasteiger partial charge in [-0.05, 0) is 16.7 Å². The molecule has 0 unspecified atom stereocenters. The molecule has 34 heavy (non-hydrogen) atoms. The van der Waals surface area contributed by atoms with Crippen LogP contribution in [0.3, 0.4) is 0 Å². The molecule has 0 spiro atoms. The number of benzene rings is 2. The van der Waals surface area contributed by atoms with Crippen molar-refractivity contribution in [3.8, 4) is 0 Å². The average Bonchev–Trinajstić information content (AvgIpc) is 2.84. The highest BCUT2D eigenvalue weighted by Crippen LogP contribution is 2.09. The van der Waals surface area contributed by atoms with E-state index in [1.54, 1.807) is 0 Å². The van der Waals surface area contributed by atoms with Gasteiger partial charge in [0.15, 0.2) is 0 Å². The van der Waals surface area contributed by atoms with Crippen molar-refractivity contribution in [2.24, 2.45) is 5.11 Å². The van der Waals surface area contributed by atoms with Crippen LogP contribution in [0.4, 0.5) is 0 Å². The summed E-state index contributed by atoms with van der Waals surface area (Å²) in [5, 5.41) is 3.33. The van der Waals surface area contributed by atoms with Gasteiger partial charge in [-0.1, -0.05) is 72.4 Å². The van der Waals surface area contributed by atoms with Gasteiger partial charge in [-0.25, -0.2) is 4.79 Å². The van der Waals surface area contributed by atoms with Crippen LogP contribution in [0.1, 0.15) is 16.7 Å². The summed E-state index contributed by atoms with van der Waals surface area (Å²) in [6, 6.07) is 19.4. The molecule has 1 aromatic heterocycles. The number of rotatable bonds is 13. The molecule has 3 aromatic rings. The van der Waals surface area contributed by atoms with E-state index in [0.717, 1.165) is 15.7 Å². The van der Waals surface area contributed by atoms with Crippen molar-refractivity contribution in [3.63, 3.8) is 0 Å². The zero-order valence-corrected chi connectivity index (χ0v) is 18.5. The van der Waals surface area contributed by atoms with Crippen molar-refractivity contribution < 1.29 is 14.2 Å². The fourth-order valence-corrected chi connectivity index (χ4v) is 3.01. The number of ether oxygens (including phenoxy) is 3. The maximum atomic E-state index is 12.2. The minimum Gasteiger partial charge on any atom is -0.374 e. The molecule has 0 aliphatic rings. The summed E-state index contributed by atoms with van der Waals surface area (Å²) >= 11 is 0. The number of nitrogens with one attached hydrogen (secondary N) is 1. The summed E-state index contributed by atoms with van der Waals surface area (Å²) in [5.74, 6) is 0. The minimum atomic E-state index is -0.701. The molecule has 10 heteroatoms. The zero-order valence-electron chi connectivity index (χ0n) is 18.5. The van der Waals surface area contributed by atoms with E-state index >= 15 is 0 Å². The third-order valence-electron chi connectivity index (χ3n) is 4.77. The molecule has 0 aliphatic carbocycles. The van der Waals surface area contributed by atoms with Crippen LogP contribution in [0.2, 0.25) is 0 Å². The largest absolute Gasteiger partial charge is 0.374 e. The van der Waals surface area contributed by atoms with Gasteiger partial charge in [-0.15, -0.1) is 0 Å². The van der Waals surface area contributed by atoms with E-state index < -0.39 is 17.4 Å². The molecule has 2 aromatic carbocycles. The topological polar surface area (TPSA) is 131 Å². The molecular weight excluding hydrogens is 438 g/mol. The molecule has 0 atom stereocenters. The maximum absolute atomic E-state index is 12.2. The number of hydrogen-bond acceptors (Lipinski definition) is 6. The summed E-state index contributed by atoms with van der Waals surface area (Å²) in [7, 11) is 0. The van der Waals surface area contributed by atoms with Gasteiger partial charge in [0, 0.05) is 16.8 Å². The predicted octanol–water partition coefficient (Wildman–Crippen LogP) is 3.59. The van der Waals surface area contributed by atoms with Crippen molar-refractivity contribution >= 4 is 5.70 Å². The summed E-state index contributed by atoms with van der Waals surface area (Å²) in [5.41, 5.74) is 9.11. The number of H-pyrrole nitrogens is 1. The highest BCUT2D eigenvalue weighted by molar-refractivity contribution is 5.60. The molecule has 0 saturated carbocycles. The monoisotopic (exact) mass is 463 g/mol. The van der Waals surface area contributed by atoms with E-state index in [-0.39, 0.29) is 31.2 Å². The van der Waals surface area contributed by atoms with E-state index in [1.807, 2.05) is 60.7 Å². The van der Waals surface area contributed by atoms with Crippen LogP contribution >= 0.6 is 0 Å². The number of hydrogen-bond donors (Lipinski definition) is 1. The molecule has 0 bridgehead atoms. The number of nitrogens with zero attached hydrogens (tertiary/aromatic N) is 4. The van der Waals surface area contributed by atoms with Gasteiger partial charge in [0.05, 0.1) is 32.0 Å². The highest BCUT2D eigenvalue weighted by atomic mass is 16.6. The van der Waals surface area contributed by atoms with Crippen LogP contribution in [0.15, 0.2) is 88.1 Å². The summed E-state index contributed by atoms with van der Waals surface area (Å²) in [6.07, 6.45) is 0.750. The van der Waals surface area contributed by atoms with Crippen LogP contribution in [-0.2, 0) is 34.2 Å². The van der Waals surface area contributed by atoms with Crippen LogP contribution in [0.25, 0.3) is 16.1 Å². The molecule has 1 heterocycles. The summed E-state index contributed by atoms with van der Waals surface area (Å²) < 4.78 is 18.6. The fourth-order valence-electron chi connectivity index (χ4n) is 3.01. The predicted molar refractivity (Wildman–Crippen MR) is 127 cm³/mol. The molecule has 10 nitrogen and oxygen atoms in total. The first kappa shape index (κ1) is 24.7. The lowest BCUT2D eigenvalue weighted by atomic mass is 10.2. The van der Waals surface area contributed by atoms with Gasteiger partial charge in [-0.2, -0.15) is 0 Å². The van der Waals surface area contributed by atoms with E-state index in [0.29, 0.717) is 13.2 Å². The Morgan fingerprint density at radius 3 is 2.09 bits per heavy atom. The zero-order chi connectivity index (χ0) is 24.2. The van der Waals surface area contributed by atoms with Crippen molar-refractivity contribution in [1.82, 2.24) is 9.55 Å². The summed E-state index contributed by atoms with van der Waals surface area (Å²) in [4.78, 5) is 29.0. The molecule has 1 N–H and O–H groups in total. The smallest absolute Gasteiger partial charge is 0.330 e. The molecular formula is C24H25N5O5. The van der Waals surface area contributed by atoms with Crippen molar-refractivity contribution in [3.05, 3.63) is 121 Å². The Morgan fingerprint density at radius 2 is 1.56 bits per heavy atom. The Balaban J connectivity index is 1.65. The Labute approximate surface area is 195 Å². The first-order valence-corrected chi connectivity index (χ1v) is 10.5. The Bertz CT molecular complexity index is 1190. The van der Waals surface area contributed by atoms with Crippen LogP contribution in [0.5, 0.6) is 0 Å². The third kappa shape index (κ3) is 7.58. The van der Waals surface area contributed by atoms with Crippen molar-refractivity contribution in [2.45, 2.75) is 26.0 Å². The Morgan fingerprint density at radius 1 is 1.00 bits per heavy atom. The van der Waals surface area contributed by atoms with Gasteiger partial charge in [0.2, 0.25) is 0 Å². The standard InChI is InChI=1S/C24H25N5O5/c1-18(27-28-25)22-12-29(24(31)26-23(22)30)17-34-21(15-32-13-19-8-4-2-5-9-19)16-33-14-20-10-6-3-7-11-20/h2-12,21H,1,13-17H2,(H,26,30,31). The highest BCUT2D eigenvalue weighted by Gasteiger charge is 2.13. The van der Waals surface area contributed by atoms with Crippen molar-refractivity contribution in [1.29, 1.82) is 0 Å². The van der Waals surface area contributed by atoms with Crippen molar-refractivity contribution in [2.75, 3.05) is 13.2 Å². The van der Waals surface area contributed by atoms with Gasteiger partial charge in [-0.3, -0.25) is 14.3 Å². The number of aromatic nitrogens is 2. The van der Waals surface area contributed by atoms with Gasteiger partial charge in [0.1, 0.15) is 12.8 Å². The third-order valence-corrected chi connectivity index (χ3v) is 4.77. The Hall–Kier alpha value is -3.95. The number of azide groups is 1. The lowest BCUT2D eigenvalue weighted by Crippen LogP contribution is -2.34. The molecule has 0 fully saturated rings. The normalized spacial score (nSPS) is 10.7.